The van der Waals surface area contributed by atoms with E-state index in [1.165, 1.54) is 0 Å². The summed E-state index contributed by atoms with van der Waals surface area (Å²) in [6.45, 7) is 6.02. The van der Waals surface area contributed by atoms with Gasteiger partial charge < -0.3 is 10.7 Å². The summed E-state index contributed by atoms with van der Waals surface area (Å²) in [6, 6.07) is 5.96. The number of imidazole rings is 1. The SMILES string of the molecule is CC.Cc1cccc2[nH]c(N)nc12. The molecule has 0 spiro atoms. The maximum absolute atomic E-state index is 5.49. The van der Waals surface area contributed by atoms with Gasteiger partial charge in [-0.3, -0.25) is 0 Å². The summed E-state index contributed by atoms with van der Waals surface area (Å²) in [4.78, 5) is 7.10. The highest BCUT2D eigenvalue weighted by molar-refractivity contribution is 5.80. The molecule has 0 saturated carbocycles. The van der Waals surface area contributed by atoms with Crippen LogP contribution in [0, 0.1) is 6.92 Å². The van der Waals surface area contributed by atoms with Crippen LogP contribution in [0.2, 0.25) is 0 Å². The van der Waals surface area contributed by atoms with Crippen molar-refractivity contribution < 1.29 is 0 Å². The molecular formula is C10H15N3. The lowest BCUT2D eigenvalue weighted by molar-refractivity contribution is 1.35. The van der Waals surface area contributed by atoms with Crippen molar-refractivity contribution in [3.05, 3.63) is 23.8 Å². The fraction of sp³-hybridized carbons (Fsp3) is 0.300. The van der Waals surface area contributed by atoms with Crippen molar-refractivity contribution in [2.75, 3.05) is 5.73 Å². The first kappa shape index (κ1) is 9.58. The monoisotopic (exact) mass is 177 g/mol. The van der Waals surface area contributed by atoms with Crippen molar-refractivity contribution in [3.8, 4) is 0 Å². The Hall–Kier alpha value is -1.51. The molecule has 1 aromatic heterocycles. The highest BCUT2D eigenvalue weighted by Gasteiger charge is 1.99. The summed E-state index contributed by atoms with van der Waals surface area (Å²) < 4.78 is 0. The van der Waals surface area contributed by atoms with Crippen LogP contribution in [-0.4, -0.2) is 9.97 Å². The predicted octanol–water partition coefficient (Wildman–Crippen LogP) is 2.48. The van der Waals surface area contributed by atoms with Crippen LogP contribution in [0.1, 0.15) is 19.4 Å². The molecule has 3 nitrogen and oxygen atoms in total. The van der Waals surface area contributed by atoms with Gasteiger partial charge in [0.05, 0.1) is 11.0 Å². The van der Waals surface area contributed by atoms with Crippen LogP contribution in [0.3, 0.4) is 0 Å². The summed E-state index contributed by atoms with van der Waals surface area (Å²) in [7, 11) is 0. The summed E-state index contributed by atoms with van der Waals surface area (Å²) >= 11 is 0. The molecular weight excluding hydrogens is 162 g/mol. The number of para-hydroxylation sites is 1. The van der Waals surface area contributed by atoms with Crippen molar-refractivity contribution in [3.63, 3.8) is 0 Å². The van der Waals surface area contributed by atoms with E-state index in [-0.39, 0.29) is 0 Å². The molecule has 0 saturated heterocycles. The van der Waals surface area contributed by atoms with Gasteiger partial charge in [-0.15, -0.1) is 0 Å². The number of hydrogen-bond acceptors (Lipinski definition) is 2. The molecule has 3 heteroatoms. The van der Waals surface area contributed by atoms with Crippen LogP contribution < -0.4 is 5.73 Å². The van der Waals surface area contributed by atoms with Crippen molar-refractivity contribution in [2.45, 2.75) is 20.8 Å². The lowest BCUT2D eigenvalue weighted by Gasteiger charge is -1.90. The van der Waals surface area contributed by atoms with E-state index >= 15 is 0 Å². The topological polar surface area (TPSA) is 54.7 Å². The lowest BCUT2D eigenvalue weighted by Crippen LogP contribution is -1.84. The van der Waals surface area contributed by atoms with E-state index in [0.717, 1.165) is 16.6 Å². The molecule has 0 bridgehead atoms. The Morgan fingerprint density at radius 1 is 1.31 bits per heavy atom. The zero-order chi connectivity index (χ0) is 9.84. The second-order valence-electron chi connectivity index (χ2n) is 2.59. The van der Waals surface area contributed by atoms with Gasteiger partial charge in [0.1, 0.15) is 0 Å². The Balaban J connectivity index is 0.000000396. The zero-order valence-electron chi connectivity index (χ0n) is 8.26. The van der Waals surface area contributed by atoms with E-state index in [4.69, 9.17) is 5.73 Å². The molecule has 0 unspecified atom stereocenters. The Bertz CT molecular complexity index is 390. The van der Waals surface area contributed by atoms with E-state index in [1.807, 2.05) is 39.0 Å². The molecule has 1 aromatic carbocycles. The zero-order valence-corrected chi connectivity index (χ0v) is 8.26. The van der Waals surface area contributed by atoms with Crippen molar-refractivity contribution >= 4 is 17.0 Å². The molecule has 0 aliphatic heterocycles. The third kappa shape index (κ3) is 1.80. The van der Waals surface area contributed by atoms with E-state index < -0.39 is 0 Å². The number of rotatable bonds is 0. The summed E-state index contributed by atoms with van der Waals surface area (Å²) in [5.74, 6) is 0.481. The molecule has 0 atom stereocenters. The van der Waals surface area contributed by atoms with Gasteiger partial charge in [0, 0.05) is 0 Å². The Kier molecular flexibility index (Phi) is 2.90. The number of H-pyrrole nitrogens is 1. The molecule has 2 aromatic rings. The first-order valence-electron chi connectivity index (χ1n) is 4.48. The lowest BCUT2D eigenvalue weighted by atomic mass is 10.2. The van der Waals surface area contributed by atoms with E-state index in [1.54, 1.807) is 0 Å². The van der Waals surface area contributed by atoms with Crippen molar-refractivity contribution in [2.24, 2.45) is 0 Å². The van der Waals surface area contributed by atoms with Crippen LogP contribution in [-0.2, 0) is 0 Å². The first-order valence-corrected chi connectivity index (χ1v) is 4.48. The first-order chi connectivity index (χ1) is 6.27. The van der Waals surface area contributed by atoms with Gasteiger partial charge in [-0.05, 0) is 18.6 Å². The average molecular weight is 177 g/mol. The number of fused-ring (bicyclic) bond motifs is 1. The van der Waals surface area contributed by atoms with Gasteiger partial charge in [-0.1, -0.05) is 26.0 Å². The van der Waals surface area contributed by atoms with E-state index in [9.17, 15) is 0 Å². The summed E-state index contributed by atoms with van der Waals surface area (Å²) in [5.41, 5.74) is 8.61. The highest BCUT2D eigenvalue weighted by Crippen LogP contribution is 2.15. The minimum absolute atomic E-state index is 0.481. The van der Waals surface area contributed by atoms with Gasteiger partial charge in [0.2, 0.25) is 0 Å². The summed E-state index contributed by atoms with van der Waals surface area (Å²) in [6.07, 6.45) is 0. The van der Waals surface area contributed by atoms with Crippen LogP contribution in [0.5, 0.6) is 0 Å². The molecule has 0 amide bonds. The van der Waals surface area contributed by atoms with E-state index in [0.29, 0.717) is 5.95 Å². The highest BCUT2D eigenvalue weighted by atomic mass is 15.0. The van der Waals surface area contributed by atoms with Gasteiger partial charge in [0.25, 0.3) is 0 Å². The number of nitrogens with one attached hydrogen (secondary N) is 1. The van der Waals surface area contributed by atoms with Gasteiger partial charge >= 0.3 is 0 Å². The maximum atomic E-state index is 5.49. The quantitative estimate of drug-likeness (QED) is 0.649. The molecule has 3 N–H and O–H groups in total. The largest absolute Gasteiger partial charge is 0.369 e. The van der Waals surface area contributed by atoms with E-state index in [2.05, 4.69) is 9.97 Å². The number of aromatic nitrogens is 2. The third-order valence-corrected chi connectivity index (χ3v) is 1.73. The fourth-order valence-electron chi connectivity index (χ4n) is 1.19. The number of nitrogen functional groups attached to an aromatic ring is 1. The maximum Gasteiger partial charge on any atom is 0.198 e. The second-order valence-corrected chi connectivity index (χ2v) is 2.59. The smallest absolute Gasteiger partial charge is 0.198 e. The van der Waals surface area contributed by atoms with Gasteiger partial charge in [-0.2, -0.15) is 0 Å². The Morgan fingerprint density at radius 2 is 2.00 bits per heavy atom. The molecule has 0 fully saturated rings. The predicted molar refractivity (Wildman–Crippen MR) is 56.6 cm³/mol. The molecule has 13 heavy (non-hydrogen) atoms. The molecule has 70 valence electrons. The van der Waals surface area contributed by atoms with Crippen molar-refractivity contribution in [1.29, 1.82) is 0 Å². The van der Waals surface area contributed by atoms with Gasteiger partial charge in [0.15, 0.2) is 5.95 Å². The second kappa shape index (κ2) is 3.94. The number of nitrogens with two attached hydrogens (primary N) is 1. The van der Waals surface area contributed by atoms with Gasteiger partial charge in [-0.25, -0.2) is 4.98 Å². The van der Waals surface area contributed by atoms with Crippen LogP contribution >= 0.6 is 0 Å². The average Bonchev–Trinajstić information content (AvgIpc) is 2.51. The molecule has 1 heterocycles. The summed E-state index contributed by atoms with van der Waals surface area (Å²) in [5, 5.41) is 0. The normalized spacial score (nSPS) is 9.46. The molecule has 0 aliphatic rings. The fourth-order valence-corrected chi connectivity index (χ4v) is 1.19. The van der Waals surface area contributed by atoms with Crippen LogP contribution in [0.25, 0.3) is 11.0 Å². The number of aromatic amines is 1. The number of nitrogens with zero attached hydrogens (tertiary/aromatic N) is 1. The minimum atomic E-state index is 0.481. The number of aryl methyl sites for hydroxylation is 1. The number of benzene rings is 1. The Morgan fingerprint density at radius 3 is 2.62 bits per heavy atom. The number of anilines is 1. The standard InChI is InChI=1S/C8H9N3.C2H6/c1-5-3-2-4-6-7(5)11-8(9)10-6;1-2/h2-4H,1H3,(H3,9,10,11);1-2H3. The van der Waals surface area contributed by atoms with Crippen molar-refractivity contribution in [1.82, 2.24) is 9.97 Å². The Labute approximate surface area is 78.0 Å². The minimum Gasteiger partial charge on any atom is -0.369 e. The third-order valence-electron chi connectivity index (χ3n) is 1.73. The molecule has 0 radical (unpaired) electrons. The van der Waals surface area contributed by atoms with Crippen LogP contribution in [0.4, 0.5) is 5.95 Å². The molecule has 0 aliphatic carbocycles. The number of hydrogen-bond donors (Lipinski definition) is 2. The van der Waals surface area contributed by atoms with Crippen LogP contribution in [0.15, 0.2) is 18.2 Å². The molecule has 2 rings (SSSR count).